The summed E-state index contributed by atoms with van der Waals surface area (Å²) < 4.78 is 5.55. The number of esters is 1. The Morgan fingerprint density at radius 2 is 1.84 bits per heavy atom. The van der Waals surface area contributed by atoms with Gasteiger partial charge in [-0.2, -0.15) is 0 Å². The molecule has 1 aromatic carbocycles. The molecule has 31 heavy (non-hydrogen) atoms. The van der Waals surface area contributed by atoms with Crippen molar-refractivity contribution < 1.29 is 24.2 Å². The molecule has 7 heteroatoms. The number of nitrogens with one attached hydrogen (secondary N) is 2. The van der Waals surface area contributed by atoms with E-state index < -0.39 is 11.5 Å². The second kappa shape index (κ2) is 11.6. The maximum Gasteiger partial charge on any atom is 0.309 e. The summed E-state index contributed by atoms with van der Waals surface area (Å²) in [5.41, 5.74) is 0.296. The number of benzene rings is 1. The quantitative estimate of drug-likeness (QED) is 0.474. The maximum absolute atomic E-state index is 12.8. The average Bonchev–Trinajstić information content (AvgIpc) is 2.72. The van der Waals surface area contributed by atoms with Crippen molar-refractivity contribution in [3.05, 3.63) is 48.0 Å². The minimum Gasteiger partial charge on any atom is -0.463 e. The van der Waals surface area contributed by atoms with Crippen molar-refractivity contribution in [1.82, 2.24) is 10.6 Å². The standard InChI is InChI=1S/C24H34N2O5/c1-17(15-27)25-21(28)14-19-11-7-8-12-20(13-18-9-5-4-6-10-18)23(30)31-16-24(2,3)26-22(19)29/h4-10,17,19-20,27H,11-16H2,1-3H3,(H,25,28)(H,26,29)/t17-,19+,20-/m0/s1. The predicted octanol–water partition coefficient (Wildman–Crippen LogP) is 2.14. The summed E-state index contributed by atoms with van der Waals surface area (Å²) in [6.07, 6.45) is 5.21. The van der Waals surface area contributed by atoms with Gasteiger partial charge in [0.2, 0.25) is 11.8 Å². The van der Waals surface area contributed by atoms with E-state index in [1.807, 2.05) is 42.5 Å². The topological polar surface area (TPSA) is 105 Å². The van der Waals surface area contributed by atoms with Crippen LogP contribution in [0.1, 0.15) is 45.6 Å². The van der Waals surface area contributed by atoms with Crippen LogP contribution in [0, 0.1) is 11.8 Å². The lowest BCUT2D eigenvalue weighted by molar-refractivity contribution is -0.151. The minimum atomic E-state index is -0.764. The van der Waals surface area contributed by atoms with E-state index in [4.69, 9.17) is 9.84 Å². The van der Waals surface area contributed by atoms with Crippen molar-refractivity contribution >= 4 is 17.8 Å². The Morgan fingerprint density at radius 3 is 2.48 bits per heavy atom. The van der Waals surface area contributed by atoms with Crippen LogP contribution in [0.3, 0.4) is 0 Å². The zero-order valence-electron chi connectivity index (χ0n) is 18.6. The highest BCUT2D eigenvalue weighted by Crippen LogP contribution is 2.19. The molecule has 3 N–H and O–H groups in total. The van der Waals surface area contributed by atoms with Gasteiger partial charge in [-0.3, -0.25) is 14.4 Å². The van der Waals surface area contributed by atoms with Gasteiger partial charge in [0.1, 0.15) is 6.61 Å². The molecule has 1 heterocycles. The van der Waals surface area contributed by atoms with E-state index in [1.165, 1.54) is 0 Å². The van der Waals surface area contributed by atoms with E-state index in [0.717, 1.165) is 5.56 Å². The van der Waals surface area contributed by atoms with E-state index in [1.54, 1.807) is 20.8 Å². The Balaban J connectivity index is 2.14. The normalized spacial score (nSPS) is 23.0. The van der Waals surface area contributed by atoms with Crippen LogP contribution in [0.2, 0.25) is 0 Å². The smallest absolute Gasteiger partial charge is 0.309 e. The highest BCUT2D eigenvalue weighted by Gasteiger charge is 2.30. The Morgan fingerprint density at radius 1 is 1.19 bits per heavy atom. The Labute approximate surface area is 184 Å². The van der Waals surface area contributed by atoms with E-state index in [9.17, 15) is 14.4 Å². The van der Waals surface area contributed by atoms with Crippen molar-refractivity contribution in [2.75, 3.05) is 13.2 Å². The Kier molecular flexibility index (Phi) is 9.24. The number of rotatable bonds is 6. The third-order valence-electron chi connectivity index (χ3n) is 5.19. The number of ether oxygens (including phenoxy) is 1. The summed E-state index contributed by atoms with van der Waals surface area (Å²) in [5, 5.41) is 14.7. The zero-order chi connectivity index (χ0) is 22.9. The molecule has 0 bridgehead atoms. The van der Waals surface area contributed by atoms with Gasteiger partial charge in [0.15, 0.2) is 0 Å². The van der Waals surface area contributed by atoms with Crippen molar-refractivity contribution in [3.8, 4) is 0 Å². The molecular weight excluding hydrogens is 396 g/mol. The SMILES string of the molecule is C[C@@H](CO)NC(=O)C[C@H]1CC=CC[C@@H](Cc2ccccc2)C(=O)OCC(C)(C)NC1=O. The number of carbonyl (C=O) groups excluding carboxylic acids is 3. The van der Waals surface area contributed by atoms with Gasteiger partial charge in [0, 0.05) is 12.5 Å². The molecule has 0 radical (unpaired) electrons. The molecule has 2 rings (SSSR count). The first-order valence-electron chi connectivity index (χ1n) is 10.8. The van der Waals surface area contributed by atoms with Crippen LogP contribution >= 0.6 is 0 Å². The van der Waals surface area contributed by atoms with Gasteiger partial charge in [-0.15, -0.1) is 0 Å². The Bertz CT molecular complexity index is 775. The van der Waals surface area contributed by atoms with Crippen molar-refractivity contribution in [1.29, 1.82) is 0 Å². The van der Waals surface area contributed by atoms with E-state index in [2.05, 4.69) is 10.6 Å². The first kappa shape index (κ1) is 24.6. The fourth-order valence-corrected chi connectivity index (χ4v) is 3.41. The maximum atomic E-state index is 12.8. The molecule has 1 aromatic rings. The van der Waals surface area contributed by atoms with E-state index in [0.29, 0.717) is 19.3 Å². The van der Waals surface area contributed by atoms with Crippen molar-refractivity contribution in [2.24, 2.45) is 11.8 Å². The van der Waals surface area contributed by atoms with Crippen LogP contribution in [0.25, 0.3) is 0 Å². The molecule has 7 nitrogen and oxygen atoms in total. The molecule has 1 aliphatic heterocycles. The van der Waals surface area contributed by atoms with Crippen LogP contribution in [0.4, 0.5) is 0 Å². The van der Waals surface area contributed by atoms with Crippen LogP contribution < -0.4 is 10.6 Å². The first-order valence-corrected chi connectivity index (χ1v) is 10.8. The zero-order valence-corrected chi connectivity index (χ0v) is 18.6. The number of cyclic esters (lactones) is 1. The fraction of sp³-hybridized carbons (Fsp3) is 0.542. The number of aliphatic hydroxyl groups is 1. The molecule has 0 spiro atoms. The summed E-state index contributed by atoms with van der Waals surface area (Å²) in [6, 6.07) is 9.42. The predicted molar refractivity (Wildman–Crippen MR) is 118 cm³/mol. The molecule has 2 amide bonds. The monoisotopic (exact) mass is 430 g/mol. The highest BCUT2D eigenvalue weighted by molar-refractivity contribution is 5.86. The van der Waals surface area contributed by atoms with Gasteiger partial charge in [-0.05, 0) is 45.6 Å². The van der Waals surface area contributed by atoms with Gasteiger partial charge in [0.25, 0.3) is 0 Å². The summed E-state index contributed by atoms with van der Waals surface area (Å²) in [4.78, 5) is 37.8. The molecule has 0 saturated carbocycles. The minimum absolute atomic E-state index is 0.0177. The van der Waals surface area contributed by atoms with Gasteiger partial charge in [-0.25, -0.2) is 0 Å². The van der Waals surface area contributed by atoms with Crippen molar-refractivity contribution in [3.63, 3.8) is 0 Å². The largest absolute Gasteiger partial charge is 0.463 e. The van der Waals surface area contributed by atoms with Crippen LogP contribution in [-0.4, -0.2) is 47.7 Å². The van der Waals surface area contributed by atoms with Gasteiger partial charge < -0.3 is 20.5 Å². The molecule has 0 unspecified atom stereocenters. The Hall–Kier alpha value is -2.67. The fourth-order valence-electron chi connectivity index (χ4n) is 3.41. The molecule has 0 saturated heterocycles. The highest BCUT2D eigenvalue weighted by atomic mass is 16.5. The van der Waals surface area contributed by atoms with Crippen LogP contribution in [0.15, 0.2) is 42.5 Å². The summed E-state index contributed by atoms with van der Waals surface area (Å²) >= 11 is 0. The second-order valence-corrected chi connectivity index (χ2v) is 8.86. The van der Waals surface area contributed by atoms with Crippen LogP contribution in [0.5, 0.6) is 0 Å². The number of hydrogen-bond acceptors (Lipinski definition) is 5. The molecule has 3 atom stereocenters. The summed E-state index contributed by atoms with van der Waals surface area (Å²) in [5.74, 6) is -1.71. The number of hydrogen-bond donors (Lipinski definition) is 3. The molecule has 0 aromatic heterocycles. The number of amides is 2. The number of aliphatic hydroxyl groups excluding tert-OH is 1. The molecule has 1 aliphatic rings. The lowest BCUT2D eigenvalue weighted by Crippen LogP contribution is -2.50. The lowest BCUT2D eigenvalue weighted by Gasteiger charge is -2.29. The van der Waals surface area contributed by atoms with Crippen molar-refractivity contribution in [2.45, 2.75) is 58.0 Å². The average molecular weight is 431 g/mol. The number of allylic oxidation sites excluding steroid dienone is 2. The summed E-state index contributed by atoms with van der Waals surface area (Å²) in [6.45, 7) is 5.16. The third-order valence-corrected chi connectivity index (χ3v) is 5.19. The van der Waals surface area contributed by atoms with E-state index >= 15 is 0 Å². The second-order valence-electron chi connectivity index (χ2n) is 8.86. The first-order chi connectivity index (χ1) is 14.7. The van der Waals surface area contributed by atoms with Gasteiger partial charge in [-0.1, -0.05) is 42.5 Å². The lowest BCUT2D eigenvalue weighted by atomic mass is 9.93. The molecule has 0 fully saturated rings. The molecule has 0 aliphatic carbocycles. The van der Waals surface area contributed by atoms with Gasteiger partial charge >= 0.3 is 5.97 Å². The molecule has 170 valence electrons. The van der Waals surface area contributed by atoms with Crippen LogP contribution in [-0.2, 0) is 25.5 Å². The van der Waals surface area contributed by atoms with E-state index in [-0.39, 0.29) is 49.4 Å². The number of carbonyl (C=O) groups is 3. The summed E-state index contributed by atoms with van der Waals surface area (Å²) in [7, 11) is 0. The third kappa shape index (κ3) is 8.53. The molecular formula is C24H34N2O5. The van der Waals surface area contributed by atoms with Gasteiger partial charge in [0.05, 0.1) is 24.0 Å².